The highest BCUT2D eigenvalue weighted by Crippen LogP contribution is 2.37. The number of urea groups is 1. The SMILES string of the molecule is COc1cc(NC(=O)Nc2cccc3ccccc23)ccc1C(=O)N1CCC2CCCCC2C1. The van der Waals surface area contributed by atoms with E-state index < -0.39 is 0 Å². The summed E-state index contributed by atoms with van der Waals surface area (Å²) in [5, 5.41) is 7.81. The molecule has 176 valence electrons. The fourth-order valence-electron chi connectivity index (χ4n) is 5.52. The molecule has 0 aromatic heterocycles. The van der Waals surface area contributed by atoms with Crippen molar-refractivity contribution in [1.82, 2.24) is 4.90 Å². The number of anilines is 2. The molecule has 5 rings (SSSR count). The first-order chi connectivity index (χ1) is 16.6. The van der Waals surface area contributed by atoms with E-state index in [4.69, 9.17) is 4.74 Å². The van der Waals surface area contributed by atoms with E-state index in [0.29, 0.717) is 22.9 Å². The molecule has 0 radical (unpaired) electrons. The van der Waals surface area contributed by atoms with Crippen molar-refractivity contribution in [1.29, 1.82) is 0 Å². The third-order valence-electron chi connectivity index (χ3n) is 7.31. The smallest absolute Gasteiger partial charge is 0.323 e. The van der Waals surface area contributed by atoms with E-state index in [1.165, 1.54) is 25.7 Å². The molecule has 1 heterocycles. The number of benzene rings is 3. The second-order valence-electron chi connectivity index (χ2n) is 9.37. The van der Waals surface area contributed by atoms with Crippen LogP contribution in [0.25, 0.3) is 10.8 Å². The number of hydrogen-bond donors (Lipinski definition) is 2. The Labute approximate surface area is 200 Å². The standard InChI is InChI=1S/C28H31N3O3/c1-34-26-17-22(29-28(33)30-25-12-6-10-20-8-4-5-11-23(20)25)13-14-24(26)27(32)31-16-15-19-7-2-3-9-21(19)18-31/h4-6,8,10-14,17,19,21H,2-3,7,9,15-16,18H2,1H3,(H2,29,30,33). The number of hydrogen-bond acceptors (Lipinski definition) is 3. The molecular weight excluding hydrogens is 426 g/mol. The van der Waals surface area contributed by atoms with E-state index in [-0.39, 0.29) is 11.9 Å². The van der Waals surface area contributed by atoms with Crippen LogP contribution < -0.4 is 15.4 Å². The van der Waals surface area contributed by atoms with Crippen molar-refractivity contribution >= 4 is 34.1 Å². The van der Waals surface area contributed by atoms with Crippen molar-refractivity contribution in [3.8, 4) is 5.75 Å². The number of rotatable bonds is 4. The minimum Gasteiger partial charge on any atom is -0.496 e. The van der Waals surface area contributed by atoms with Gasteiger partial charge in [-0.05, 0) is 48.3 Å². The average molecular weight is 458 g/mol. The Morgan fingerprint density at radius 3 is 2.56 bits per heavy atom. The van der Waals surface area contributed by atoms with Crippen molar-refractivity contribution in [2.24, 2.45) is 11.8 Å². The first kappa shape index (κ1) is 22.3. The van der Waals surface area contributed by atoms with Gasteiger partial charge in [0, 0.05) is 30.2 Å². The van der Waals surface area contributed by atoms with Crippen LogP contribution in [0.3, 0.4) is 0 Å². The van der Waals surface area contributed by atoms with E-state index in [2.05, 4.69) is 10.6 Å². The van der Waals surface area contributed by atoms with E-state index in [1.54, 1.807) is 25.3 Å². The average Bonchev–Trinajstić information content (AvgIpc) is 2.88. The summed E-state index contributed by atoms with van der Waals surface area (Å²) in [5.41, 5.74) is 1.84. The van der Waals surface area contributed by atoms with Gasteiger partial charge in [0.1, 0.15) is 5.75 Å². The molecule has 3 aromatic carbocycles. The van der Waals surface area contributed by atoms with Crippen molar-refractivity contribution < 1.29 is 14.3 Å². The Bertz CT molecular complexity index is 1200. The van der Waals surface area contributed by atoms with Crippen LogP contribution in [0, 0.1) is 11.8 Å². The monoisotopic (exact) mass is 457 g/mol. The van der Waals surface area contributed by atoms with Gasteiger partial charge in [-0.25, -0.2) is 4.79 Å². The summed E-state index contributed by atoms with van der Waals surface area (Å²) in [6, 6.07) is 18.6. The molecule has 1 aliphatic carbocycles. The Hall–Kier alpha value is -3.54. The number of nitrogens with one attached hydrogen (secondary N) is 2. The number of methoxy groups -OCH3 is 1. The van der Waals surface area contributed by atoms with Gasteiger partial charge in [-0.15, -0.1) is 0 Å². The van der Waals surface area contributed by atoms with E-state index in [9.17, 15) is 9.59 Å². The van der Waals surface area contributed by atoms with Gasteiger partial charge in [-0.1, -0.05) is 55.7 Å². The van der Waals surface area contributed by atoms with Crippen molar-refractivity contribution in [2.45, 2.75) is 32.1 Å². The van der Waals surface area contributed by atoms with Crippen LogP contribution in [0.1, 0.15) is 42.5 Å². The van der Waals surface area contributed by atoms with Gasteiger partial charge in [0.05, 0.1) is 18.4 Å². The Balaban J connectivity index is 1.28. The molecule has 3 amide bonds. The minimum atomic E-state index is -0.350. The summed E-state index contributed by atoms with van der Waals surface area (Å²) in [6.07, 6.45) is 6.21. The third kappa shape index (κ3) is 4.58. The lowest BCUT2D eigenvalue weighted by atomic mass is 9.75. The Morgan fingerprint density at radius 2 is 1.71 bits per heavy atom. The van der Waals surface area contributed by atoms with Gasteiger partial charge in [-0.3, -0.25) is 4.79 Å². The fraction of sp³-hybridized carbons (Fsp3) is 0.357. The van der Waals surface area contributed by atoms with Crippen LogP contribution >= 0.6 is 0 Å². The molecule has 2 atom stereocenters. The zero-order valence-electron chi connectivity index (χ0n) is 19.5. The lowest BCUT2D eigenvalue weighted by molar-refractivity contribution is 0.0518. The van der Waals surface area contributed by atoms with E-state index >= 15 is 0 Å². The molecule has 2 unspecified atom stereocenters. The molecule has 34 heavy (non-hydrogen) atoms. The Kier molecular flexibility index (Phi) is 6.39. The third-order valence-corrected chi connectivity index (χ3v) is 7.31. The molecule has 2 aliphatic rings. The van der Waals surface area contributed by atoms with Gasteiger partial charge < -0.3 is 20.3 Å². The second kappa shape index (κ2) is 9.75. The first-order valence-corrected chi connectivity index (χ1v) is 12.2. The maximum Gasteiger partial charge on any atom is 0.323 e. The van der Waals surface area contributed by atoms with Crippen LogP contribution in [-0.4, -0.2) is 37.0 Å². The number of nitrogens with zero attached hydrogens (tertiary/aromatic N) is 1. The topological polar surface area (TPSA) is 70.7 Å². The molecule has 1 saturated heterocycles. The minimum absolute atomic E-state index is 0.00707. The fourth-order valence-corrected chi connectivity index (χ4v) is 5.52. The van der Waals surface area contributed by atoms with E-state index in [1.807, 2.05) is 47.4 Å². The maximum absolute atomic E-state index is 13.3. The Morgan fingerprint density at radius 1 is 0.912 bits per heavy atom. The largest absolute Gasteiger partial charge is 0.496 e. The van der Waals surface area contributed by atoms with Crippen molar-refractivity contribution in [2.75, 3.05) is 30.8 Å². The number of carbonyl (C=O) groups is 2. The quantitative estimate of drug-likeness (QED) is 0.494. The van der Waals surface area contributed by atoms with Crippen LogP contribution in [0.5, 0.6) is 5.75 Å². The molecule has 1 aliphatic heterocycles. The zero-order chi connectivity index (χ0) is 23.5. The summed E-state index contributed by atoms with van der Waals surface area (Å²) >= 11 is 0. The molecule has 6 nitrogen and oxygen atoms in total. The number of carbonyl (C=O) groups excluding carboxylic acids is 2. The van der Waals surface area contributed by atoms with Crippen LogP contribution in [0.2, 0.25) is 0 Å². The van der Waals surface area contributed by atoms with Gasteiger partial charge >= 0.3 is 6.03 Å². The summed E-state index contributed by atoms with van der Waals surface area (Å²) < 4.78 is 5.54. The molecule has 2 N–H and O–H groups in total. The highest BCUT2D eigenvalue weighted by Gasteiger charge is 2.33. The number of likely N-dealkylation sites (tertiary alicyclic amines) is 1. The van der Waals surface area contributed by atoms with Crippen molar-refractivity contribution in [3.05, 3.63) is 66.2 Å². The molecule has 6 heteroatoms. The van der Waals surface area contributed by atoms with Crippen LogP contribution in [-0.2, 0) is 0 Å². The molecule has 2 fully saturated rings. The molecule has 1 saturated carbocycles. The lowest BCUT2D eigenvalue weighted by Crippen LogP contribution is -2.44. The van der Waals surface area contributed by atoms with Crippen LogP contribution in [0.4, 0.5) is 16.2 Å². The number of amides is 3. The normalized spacial score (nSPS) is 19.9. The predicted octanol–water partition coefficient (Wildman–Crippen LogP) is 6.14. The van der Waals surface area contributed by atoms with Gasteiger partial charge in [-0.2, -0.15) is 0 Å². The predicted molar refractivity (Wildman–Crippen MR) is 136 cm³/mol. The number of ether oxygens (including phenoxy) is 1. The number of fused-ring (bicyclic) bond motifs is 2. The molecule has 0 spiro atoms. The highest BCUT2D eigenvalue weighted by molar-refractivity contribution is 6.06. The molecular formula is C28H31N3O3. The highest BCUT2D eigenvalue weighted by atomic mass is 16.5. The van der Waals surface area contributed by atoms with Gasteiger partial charge in [0.25, 0.3) is 5.91 Å². The lowest BCUT2D eigenvalue weighted by Gasteiger charge is -2.41. The first-order valence-electron chi connectivity index (χ1n) is 12.2. The van der Waals surface area contributed by atoms with Gasteiger partial charge in [0.15, 0.2) is 0 Å². The van der Waals surface area contributed by atoms with Crippen molar-refractivity contribution in [3.63, 3.8) is 0 Å². The maximum atomic E-state index is 13.3. The molecule has 3 aromatic rings. The summed E-state index contributed by atoms with van der Waals surface area (Å²) in [4.78, 5) is 28.0. The van der Waals surface area contributed by atoms with Crippen LogP contribution in [0.15, 0.2) is 60.7 Å². The summed E-state index contributed by atoms with van der Waals surface area (Å²) in [7, 11) is 1.56. The van der Waals surface area contributed by atoms with Gasteiger partial charge in [0.2, 0.25) is 0 Å². The second-order valence-corrected chi connectivity index (χ2v) is 9.37. The van der Waals surface area contributed by atoms with E-state index in [0.717, 1.165) is 41.9 Å². The zero-order valence-corrected chi connectivity index (χ0v) is 19.5. The summed E-state index contributed by atoms with van der Waals surface area (Å²) in [5.74, 6) is 1.87. The molecule has 0 bridgehead atoms. The number of piperidine rings is 1. The summed E-state index contributed by atoms with van der Waals surface area (Å²) in [6.45, 7) is 1.64.